The molecule has 0 aliphatic carbocycles. The van der Waals surface area contributed by atoms with Crippen LogP contribution in [-0.4, -0.2) is 19.6 Å². The molecule has 0 saturated heterocycles. The molecule has 0 atom stereocenters. The lowest BCUT2D eigenvalue weighted by Gasteiger charge is -1.98. The second-order valence-corrected chi connectivity index (χ2v) is 4.95. The molecule has 0 heterocycles. The van der Waals surface area contributed by atoms with Crippen molar-refractivity contribution in [1.82, 2.24) is 0 Å². The van der Waals surface area contributed by atoms with E-state index in [9.17, 15) is 18.5 Å². The molecule has 0 fully saturated rings. The van der Waals surface area contributed by atoms with Crippen molar-refractivity contribution in [3.8, 4) is 11.2 Å². The highest BCUT2D eigenvalue weighted by molar-refractivity contribution is 7.95. The predicted molar refractivity (Wildman–Crippen MR) is 59.6 cm³/mol. The number of nitro groups is 1. The van der Waals surface area contributed by atoms with Crippen LogP contribution in [0.3, 0.4) is 0 Å². The molecule has 0 saturated carbocycles. The number of hydrogen-bond acceptors (Lipinski definition) is 4. The summed E-state index contributed by atoms with van der Waals surface area (Å²) >= 11 is 0. The zero-order chi connectivity index (χ0) is 12.3. The van der Waals surface area contributed by atoms with E-state index in [0.29, 0.717) is 11.1 Å². The van der Waals surface area contributed by atoms with Crippen LogP contribution in [0.15, 0.2) is 18.2 Å². The molecule has 0 amide bonds. The Morgan fingerprint density at radius 1 is 1.38 bits per heavy atom. The third-order valence-electron chi connectivity index (χ3n) is 1.87. The first-order valence-corrected chi connectivity index (χ1v) is 6.17. The van der Waals surface area contributed by atoms with Gasteiger partial charge < -0.3 is 0 Å². The molecular weight excluding hydrogens is 230 g/mol. The van der Waals surface area contributed by atoms with Gasteiger partial charge in [0, 0.05) is 22.4 Å². The number of nitrogens with zero attached hydrogens (tertiary/aromatic N) is 1. The first-order chi connectivity index (χ1) is 7.31. The molecule has 84 valence electrons. The smallest absolute Gasteiger partial charge is 0.258 e. The average molecular weight is 239 g/mol. The van der Waals surface area contributed by atoms with E-state index in [0.717, 1.165) is 6.26 Å². The van der Waals surface area contributed by atoms with Crippen LogP contribution in [0, 0.1) is 28.2 Å². The van der Waals surface area contributed by atoms with Gasteiger partial charge in [-0.25, -0.2) is 8.42 Å². The maximum absolute atomic E-state index is 10.8. The van der Waals surface area contributed by atoms with E-state index in [-0.39, 0.29) is 5.69 Å². The Labute approximate surface area is 93.2 Å². The molecular formula is C10H9NO4S. The van der Waals surface area contributed by atoms with E-state index in [4.69, 9.17) is 0 Å². The van der Waals surface area contributed by atoms with Gasteiger partial charge in [0.1, 0.15) is 0 Å². The fourth-order valence-corrected chi connectivity index (χ4v) is 1.40. The number of hydrogen-bond donors (Lipinski definition) is 0. The lowest BCUT2D eigenvalue weighted by Crippen LogP contribution is -1.94. The monoisotopic (exact) mass is 239 g/mol. The Morgan fingerprint density at radius 2 is 2.00 bits per heavy atom. The fourth-order valence-electron chi connectivity index (χ4n) is 1.10. The van der Waals surface area contributed by atoms with Crippen molar-refractivity contribution < 1.29 is 13.3 Å². The van der Waals surface area contributed by atoms with E-state index in [1.165, 1.54) is 19.1 Å². The quantitative estimate of drug-likeness (QED) is 0.420. The normalized spacial score (nSPS) is 10.4. The molecule has 0 aliphatic rings. The van der Waals surface area contributed by atoms with Crippen molar-refractivity contribution in [2.45, 2.75) is 6.92 Å². The van der Waals surface area contributed by atoms with Crippen molar-refractivity contribution in [3.63, 3.8) is 0 Å². The zero-order valence-corrected chi connectivity index (χ0v) is 9.54. The van der Waals surface area contributed by atoms with E-state index in [2.05, 4.69) is 5.92 Å². The van der Waals surface area contributed by atoms with E-state index in [1.54, 1.807) is 6.07 Å². The van der Waals surface area contributed by atoms with Crippen LogP contribution in [-0.2, 0) is 9.84 Å². The summed E-state index contributed by atoms with van der Waals surface area (Å²) in [5.74, 6) is 2.41. The highest BCUT2D eigenvalue weighted by atomic mass is 32.2. The lowest BCUT2D eigenvalue weighted by molar-refractivity contribution is -0.385. The number of nitro benzene ring substituents is 1. The lowest BCUT2D eigenvalue weighted by atomic mass is 10.1. The minimum absolute atomic E-state index is 0.0692. The average Bonchev–Trinajstić information content (AvgIpc) is 2.14. The molecule has 1 rings (SSSR count). The van der Waals surface area contributed by atoms with E-state index < -0.39 is 14.8 Å². The molecule has 5 nitrogen and oxygen atoms in total. The molecule has 0 aromatic heterocycles. The Hall–Kier alpha value is -1.87. The molecule has 6 heteroatoms. The summed E-state index contributed by atoms with van der Waals surface area (Å²) in [5, 5.41) is 12.7. The first-order valence-electron chi connectivity index (χ1n) is 4.28. The Balaban J connectivity index is 3.31. The summed E-state index contributed by atoms with van der Waals surface area (Å²) in [5.41, 5.74) is 0.642. The summed E-state index contributed by atoms with van der Waals surface area (Å²) in [6, 6.07) is 4.36. The maximum atomic E-state index is 10.8. The Morgan fingerprint density at radius 3 is 2.50 bits per heavy atom. The van der Waals surface area contributed by atoms with Gasteiger partial charge in [-0.3, -0.25) is 10.1 Å². The SMILES string of the molecule is Cc1c(C#CS(C)(=O)=O)cccc1[N+](=O)[O-]. The van der Waals surface area contributed by atoms with Crippen molar-refractivity contribution >= 4 is 15.5 Å². The van der Waals surface area contributed by atoms with Gasteiger partial charge in [-0.15, -0.1) is 0 Å². The molecule has 0 N–H and O–H groups in total. The molecule has 0 spiro atoms. The third kappa shape index (κ3) is 3.07. The van der Waals surface area contributed by atoms with Gasteiger partial charge in [0.25, 0.3) is 5.69 Å². The third-order valence-corrected chi connectivity index (χ3v) is 2.35. The molecule has 1 aromatic carbocycles. The second kappa shape index (κ2) is 4.33. The standard InChI is InChI=1S/C10H9NO4S/c1-8-9(6-7-16(2,14)15)4-3-5-10(8)11(12)13/h3-5H,1-2H3. The predicted octanol–water partition coefficient (Wildman–Crippen LogP) is 1.26. The maximum Gasteiger partial charge on any atom is 0.273 e. The van der Waals surface area contributed by atoms with E-state index >= 15 is 0 Å². The summed E-state index contributed by atoms with van der Waals surface area (Å²) in [6.45, 7) is 1.53. The summed E-state index contributed by atoms with van der Waals surface area (Å²) < 4.78 is 21.7. The van der Waals surface area contributed by atoms with Gasteiger partial charge in [-0.2, -0.15) is 0 Å². The van der Waals surface area contributed by atoms with Crippen LogP contribution in [0.4, 0.5) is 5.69 Å². The highest BCUT2D eigenvalue weighted by Gasteiger charge is 2.11. The second-order valence-electron chi connectivity index (χ2n) is 3.21. The van der Waals surface area contributed by atoms with Crippen LogP contribution in [0.1, 0.15) is 11.1 Å². The molecule has 0 unspecified atom stereocenters. The Bertz CT molecular complexity index is 593. The van der Waals surface area contributed by atoms with Crippen LogP contribution in [0.2, 0.25) is 0 Å². The van der Waals surface area contributed by atoms with Crippen molar-refractivity contribution in [2.24, 2.45) is 0 Å². The number of benzene rings is 1. The van der Waals surface area contributed by atoms with Gasteiger partial charge in [-0.05, 0) is 18.9 Å². The van der Waals surface area contributed by atoms with Gasteiger partial charge in [0.2, 0.25) is 9.84 Å². The van der Waals surface area contributed by atoms with Gasteiger partial charge in [0.05, 0.1) is 11.2 Å². The van der Waals surface area contributed by atoms with Crippen molar-refractivity contribution in [3.05, 3.63) is 39.4 Å². The number of rotatable bonds is 1. The Kier molecular flexibility index (Phi) is 3.30. The van der Waals surface area contributed by atoms with Crippen molar-refractivity contribution in [1.29, 1.82) is 0 Å². The zero-order valence-electron chi connectivity index (χ0n) is 8.72. The van der Waals surface area contributed by atoms with Crippen LogP contribution >= 0.6 is 0 Å². The fraction of sp³-hybridized carbons (Fsp3) is 0.200. The molecule has 0 bridgehead atoms. The molecule has 16 heavy (non-hydrogen) atoms. The summed E-state index contributed by atoms with van der Waals surface area (Å²) in [4.78, 5) is 10.1. The minimum Gasteiger partial charge on any atom is -0.258 e. The van der Waals surface area contributed by atoms with Crippen LogP contribution in [0.5, 0.6) is 0 Å². The summed E-state index contributed by atoms with van der Waals surface area (Å²) in [7, 11) is -3.40. The minimum atomic E-state index is -3.40. The van der Waals surface area contributed by atoms with Gasteiger partial charge in [-0.1, -0.05) is 6.07 Å². The first kappa shape index (κ1) is 12.2. The topological polar surface area (TPSA) is 77.3 Å². The summed E-state index contributed by atoms with van der Waals surface area (Å²) in [6.07, 6.45) is 0.979. The largest absolute Gasteiger partial charge is 0.273 e. The molecule has 0 aliphatic heterocycles. The van der Waals surface area contributed by atoms with Crippen LogP contribution < -0.4 is 0 Å². The number of sulfone groups is 1. The van der Waals surface area contributed by atoms with Gasteiger partial charge in [0.15, 0.2) is 0 Å². The van der Waals surface area contributed by atoms with Gasteiger partial charge >= 0.3 is 0 Å². The van der Waals surface area contributed by atoms with Crippen LogP contribution in [0.25, 0.3) is 0 Å². The molecule has 1 aromatic rings. The van der Waals surface area contributed by atoms with Crippen molar-refractivity contribution in [2.75, 3.05) is 6.26 Å². The highest BCUT2D eigenvalue weighted by Crippen LogP contribution is 2.20. The molecule has 0 radical (unpaired) electrons. The van der Waals surface area contributed by atoms with E-state index in [1.807, 2.05) is 5.25 Å².